The minimum absolute atomic E-state index is 0.309. The minimum Gasteiger partial charge on any atom is -0.482 e. The fraction of sp³-hybridized carbons (Fsp3) is 0.333. The summed E-state index contributed by atoms with van der Waals surface area (Å²) in [4.78, 5) is 23.1. The fourth-order valence-corrected chi connectivity index (χ4v) is 2.28. The van der Waals surface area contributed by atoms with E-state index in [4.69, 9.17) is 19.0 Å². The molecule has 0 aliphatic heterocycles. The van der Waals surface area contributed by atoms with E-state index < -0.39 is 12.6 Å². The van der Waals surface area contributed by atoms with Crippen molar-refractivity contribution in [3.63, 3.8) is 0 Å². The van der Waals surface area contributed by atoms with E-state index in [1.807, 2.05) is 19.1 Å². The van der Waals surface area contributed by atoms with Crippen molar-refractivity contribution >= 4 is 11.9 Å². The van der Waals surface area contributed by atoms with Crippen molar-refractivity contribution < 1.29 is 28.6 Å². The number of carbonyl (C=O) groups excluding carboxylic acids is 1. The first kappa shape index (κ1) is 18.5. The molecule has 1 atom stereocenters. The normalized spacial score (nSPS) is 11.8. The van der Waals surface area contributed by atoms with Gasteiger partial charge in [-0.05, 0) is 43.7 Å². The Balaban J connectivity index is 2.09. The average Bonchev–Trinajstić information content (AvgIpc) is 3.03. The molecule has 0 aliphatic carbocycles. The molecule has 25 heavy (non-hydrogen) atoms. The van der Waals surface area contributed by atoms with Crippen LogP contribution in [0.25, 0.3) is 0 Å². The Labute approximate surface area is 145 Å². The van der Waals surface area contributed by atoms with E-state index in [0.717, 1.165) is 5.76 Å². The molecule has 1 aromatic heterocycles. The molecular formula is C18H21NO6. The van der Waals surface area contributed by atoms with Crippen LogP contribution in [0, 0.1) is 6.92 Å². The molecular weight excluding hydrogens is 326 g/mol. The van der Waals surface area contributed by atoms with Crippen LogP contribution in [0.4, 0.5) is 0 Å². The summed E-state index contributed by atoms with van der Waals surface area (Å²) >= 11 is 0. The number of benzene rings is 1. The molecule has 1 amide bonds. The van der Waals surface area contributed by atoms with Crippen molar-refractivity contribution in [1.29, 1.82) is 0 Å². The molecule has 2 aromatic rings. The number of hydrogen-bond donors (Lipinski definition) is 2. The van der Waals surface area contributed by atoms with Gasteiger partial charge < -0.3 is 24.3 Å². The summed E-state index contributed by atoms with van der Waals surface area (Å²) < 4.78 is 15.8. The van der Waals surface area contributed by atoms with E-state index in [0.29, 0.717) is 30.1 Å². The zero-order chi connectivity index (χ0) is 18.2. The molecule has 134 valence electrons. The monoisotopic (exact) mass is 347 g/mol. The van der Waals surface area contributed by atoms with Crippen molar-refractivity contribution in [3.05, 3.63) is 53.5 Å². The number of furan rings is 1. The van der Waals surface area contributed by atoms with Crippen molar-refractivity contribution in [3.8, 4) is 5.75 Å². The van der Waals surface area contributed by atoms with Crippen molar-refractivity contribution in [2.75, 3.05) is 20.3 Å². The molecule has 2 rings (SSSR count). The molecule has 0 fully saturated rings. The van der Waals surface area contributed by atoms with Gasteiger partial charge in [0.05, 0.1) is 6.04 Å². The highest BCUT2D eigenvalue weighted by Gasteiger charge is 2.19. The summed E-state index contributed by atoms with van der Waals surface area (Å²) in [7, 11) is 1.59. The third-order valence-electron chi connectivity index (χ3n) is 3.48. The van der Waals surface area contributed by atoms with Gasteiger partial charge >= 0.3 is 5.97 Å². The lowest BCUT2D eigenvalue weighted by molar-refractivity contribution is -0.139. The van der Waals surface area contributed by atoms with Gasteiger partial charge in [-0.15, -0.1) is 0 Å². The maximum absolute atomic E-state index is 12.5. The molecule has 1 heterocycles. The molecule has 1 unspecified atom stereocenters. The standard InChI is InChI=1S/C18H21NO6/c1-12-6-7-16(25-12)15(8-9-23-2)19-18(22)13-4-3-5-14(10-13)24-11-17(20)21/h3-7,10,15H,8-9,11H2,1-2H3,(H,19,22)(H,20,21). The molecule has 0 bridgehead atoms. The smallest absolute Gasteiger partial charge is 0.341 e. The number of aryl methyl sites for hydroxylation is 1. The molecule has 0 saturated carbocycles. The van der Waals surface area contributed by atoms with Gasteiger partial charge in [-0.2, -0.15) is 0 Å². The zero-order valence-electron chi connectivity index (χ0n) is 14.2. The topological polar surface area (TPSA) is 98.0 Å². The number of carboxylic acid groups (broad SMARTS) is 1. The third kappa shape index (κ3) is 5.65. The second kappa shape index (κ2) is 8.89. The summed E-state index contributed by atoms with van der Waals surface area (Å²) in [5, 5.41) is 11.6. The third-order valence-corrected chi connectivity index (χ3v) is 3.48. The fourth-order valence-electron chi connectivity index (χ4n) is 2.28. The van der Waals surface area contributed by atoms with Gasteiger partial charge in [0.15, 0.2) is 6.61 Å². The summed E-state index contributed by atoms with van der Waals surface area (Å²) in [5.74, 6) is 0.341. The summed E-state index contributed by atoms with van der Waals surface area (Å²) in [6, 6.07) is 9.68. The first-order chi connectivity index (χ1) is 12.0. The lowest BCUT2D eigenvalue weighted by Gasteiger charge is -2.16. The molecule has 0 spiro atoms. The quantitative estimate of drug-likeness (QED) is 0.723. The van der Waals surface area contributed by atoms with Crippen LogP contribution < -0.4 is 10.1 Å². The Morgan fingerprint density at radius 1 is 1.28 bits per heavy atom. The number of carbonyl (C=O) groups is 2. The second-order valence-electron chi connectivity index (χ2n) is 5.47. The van der Waals surface area contributed by atoms with E-state index in [-0.39, 0.29) is 11.9 Å². The number of nitrogens with one attached hydrogen (secondary N) is 1. The van der Waals surface area contributed by atoms with Crippen LogP contribution >= 0.6 is 0 Å². The maximum atomic E-state index is 12.5. The zero-order valence-corrected chi connectivity index (χ0v) is 14.2. The van der Waals surface area contributed by atoms with Gasteiger partial charge in [0.25, 0.3) is 5.91 Å². The summed E-state index contributed by atoms with van der Waals surface area (Å²) in [6.45, 7) is 1.83. The SMILES string of the molecule is COCCC(NC(=O)c1cccc(OCC(=O)O)c1)c1ccc(C)o1. The first-order valence-electron chi connectivity index (χ1n) is 7.80. The van der Waals surface area contributed by atoms with Gasteiger partial charge in [-0.1, -0.05) is 6.07 Å². The highest BCUT2D eigenvalue weighted by molar-refractivity contribution is 5.94. The highest BCUT2D eigenvalue weighted by Crippen LogP contribution is 2.21. The van der Waals surface area contributed by atoms with Crippen LogP contribution in [0.5, 0.6) is 5.75 Å². The maximum Gasteiger partial charge on any atom is 0.341 e. The van der Waals surface area contributed by atoms with E-state index in [2.05, 4.69) is 5.32 Å². The number of rotatable bonds is 9. The lowest BCUT2D eigenvalue weighted by atomic mass is 10.1. The van der Waals surface area contributed by atoms with Crippen LogP contribution in [0.1, 0.15) is 34.3 Å². The van der Waals surface area contributed by atoms with Gasteiger partial charge in [-0.3, -0.25) is 4.79 Å². The van der Waals surface area contributed by atoms with Gasteiger partial charge in [0, 0.05) is 19.3 Å². The lowest BCUT2D eigenvalue weighted by Crippen LogP contribution is -2.29. The van der Waals surface area contributed by atoms with Gasteiger partial charge in [-0.25, -0.2) is 4.79 Å². The number of amides is 1. The van der Waals surface area contributed by atoms with Crippen molar-refractivity contribution in [1.82, 2.24) is 5.32 Å². The largest absolute Gasteiger partial charge is 0.482 e. The Morgan fingerprint density at radius 2 is 2.08 bits per heavy atom. The van der Waals surface area contributed by atoms with E-state index in [9.17, 15) is 9.59 Å². The Bertz CT molecular complexity index is 724. The second-order valence-corrected chi connectivity index (χ2v) is 5.47. The van der Waals surface area contributed by atoms with Gasteiger partial charge in [0.1, 0.15) is 17.3 Å². The van der Waals surface area contributed by atoms with Crippen LogP contribution in [0.15, 0.2) is 40.8 Å². The molecule has 1 aromatic carbocycles. The number of hydrogen-bond acceptors (Lipinski definition) is 5. The van der Waals surface area contributed by atoms with Crippen LogP contribution in [-0.2, 0) is 9.53 Å². The Hall–Kier alpha value is -2.80. The van der Waals surface area contributed by atoms with E-state index >= 15 is 0 Å². The molecule has 7 nitrogen and oxygen atoms in total. The number of ether oxygens (including phenoxy) is 2. The molecule has 0 saturated heterocycles. The molecule has 0 radical (unpaired) electrons. The number of methoxy groups -OCH3 is 1. The van der Waals surface area contributed by atoms with Crippen LogP contribution in [0.2, 0.25) is 0 Å². The molecule has 0 aliphatic rings. The van der Waals surface area contributed by atoms with E-state index in [1.165, 1.54) is 6.07 Å². The predicted molar refractivity (Wildman–Crippen MR) is 89.7 cm³/mol. The van der Waals surface area contributed by atoms with Gasteiger partial charge in [0.2, 0.25) is 0 Å². The average molecular weight is 347 g/mol. The number of aliphatic carboxylic acids is 1. The number of carboxylic acids is 1. The summed E-state index contributed by atoms with van der Waals surface area (Å²) in [6.07, 6.45) is 0.560. The minimum atomic E-state index is -1.08. The summed E-state index contributed by atoms with van der Waals surface area (Å²) in [5.41, 5.74) is 0.369. The predicted octanol–water partition coefficient (Wildman–Crippen LogP) is 2.56. The van der Waals surface area contributed by atoms with Crippen LogP contribution in [0.3, 0.4) is 0 Å². The molecule has 2 N–H and O–H groups in total. The van der Waals surface area contributed by atoms with Crippen LogP contribution in [-0.4, -0.2) is 37.3 Å². The van der Waals surface area contributed by atoms with Crippen molar-refractivity contribution in [2.24, 2.45) is 0 Å². The van der Waals surface area contributed by atoms with Crippen molar-refractivity contribution in [2.45, 2.75) is 19.4 Å². The Kier molecular flexibility index (Phi) is 6.59. The molecule has 7 heteroatoms. The first-order valence-corrected chi connectivity index (χ1v) is 7.80. The highest BCUT2D eigenvalue weighted by atomic mass is 16.5. The van der Waals surface area contributed by atoms with E-state index in [1.54, 1.807) is 25.3 Å². The Morgan fingerprint density at radius 3 is 2.72 bits per heavy atom.